The van der Waals surface area contributed by atoms with Crippen LogP contribution in [0.4, 0.5) is 4.39 Å². The van der Waals surface area contributed by atoms with E-state index in [1.807, 2.05) is 6.07 Å². The van der Waals surface area contributed by atoms with E-state index in [4.69, 9.17) is 4.74 Å². The van der Waals surface area contributed by atoms with E-state index in [0.717, 1.165) is 0 Å². The maximum atomic E-state index is 14.7. The van der Waals surface area contributed by atoms with Gasteiger partial charge in [-0.15, -0.1) is 0 Å². The van der Waals surface area contributed by atoms with Crippen LogP contribution in [0.25, 0.3) is 22.4 Å². The van der Waals surface area contributed by atoms with Crippen LogP contribution < -0.4 is 0 Å². The maximum Gasteiger partial charge on any atom is 0.340 e. The quantitative estimate of drug-likeness (QED) is 0.501. The van der Waals surface area contributed by atoms with Gasteiger partial charge in [-0.2, -0.15) is 0 Å². The fraction of sp³-hybridized carbons (Fsp3) is 0.136. The number of ketones is 1. The molecule has 4 rings (SSSR count). The minimum Gasteiger partial charge on any atom is -0.462 e. The number of fused-ring (bicyclic) bond motifs is 3. The van der Waals surface area contributed by atoms with Gasteiger partial charge >= 0.3 is 5.97 Å². The highest BCUT2D eigenvalue weighted by Crippen LogP contribution is 2.43. The minimum atomic E-state index is -0.618. The molecule has 0 radical (unpaired) electrons. The molecule has 0 aliphatic heterocycles. The number of aromatic nitrogens is 1. The Balaban J connectivity index is 2.12. The molecule has 2 aromatic carbocycles. The van der Waals surface area contributed by atoms with Gasteiger partial charge in [0.2, 0.25) is 0 Å². The van der Waals surface area contributed by atoms with Gasteiger partial charge in [-0.25, -0.2) is 9.18 Å². The lowest BCUT2D eigenvalue weighted by Crippen LogP contribution is -2.14. The monoisotopic (exact) mass is 361 g/mol. The lowest BCUT2D eigenvalue weighted by molar-refractivity contribution is 0.0526. The number of hydrogen-bond donors (Lipinski definition) is 0. The van der Waals surface area contributed by atoms with Crippen LogP contribution in [0.2, 0.25) is 0 Å². The summed E-state index contributed by atoms with van der Waals surface area (Å²) in [5.41, 5.74) is 2.86. The van der Waals surface area contributed by atoms with E-state index in [1.165, 1.54) is 6.07 Å². The van der Waals surface area contributed by atoms with Crippen molar-refractivity contribution in [3.05, 3.63) is 76.7 Å². The Bertz CT molecular complexity index is 1100. The molecule has 0 fully saturated rings. The number of rotatable bonds is 3. The smallest absolute Gasteiger partial charge is 0.340 e. The van der Waals surface area contributed by atoms with E-state index in [-0.39, 0.29) is 34.6 Å². The summed E-state index contributed by atoms with van der Waals surface area (Å²) in [5, 5.41) is 0. The van der Waals surface area contributed by atoms with E-state index in [2.05, 4.69) is 4.98 Å². The summed E-state index contributed by atoms with van der Waals surface area (Å²) >= 11 is 0. The van der Waals surface area contributed by atoms with Gasteiger partial charge in [0.25, 0.3) is 0 Å². The number of carbonyl (C=O) groups is 2. The number of hydrogen-bond acceptors (Lipinski definition) is 4. The molecule has 0 amide bonds. The first kappa shape index (κ1) is 17.1. The fourth-order valence-electron chi connectivity index (χ4n) is 3.53. The van der Waals surface area contributed by atoms with Gasteiger partial charge < -0.3 is 4.74 Å². The first-order valence-corrected chi connectivity index (χ1v) is 8.65. The van der Waals surface area contributed by atoms with E-state index in [1.54, 1.807) is 50.2 Å². The Morgan fingerprint density at radius 3 is 2.30 bits per heavy atom. The summed E-state index contributed by atoms with van der Waals surface area (Å²) in [5.74, 6) is -1.40. The average molecular weight is 361 g/mol. The molecular formula is C22H16FNO3. The molecular weight excluding hydrogens is 345 g/mol. The highest BCUT2D eigenvalue weighted by molar-refractivity contribution is 6.25. The second-order valence-electron chi connectivity index (χ2n) is 6.25. The van der Waals surface area contributed by atoms with Gasteiger partial charge in [-0.05, 0) is 19.9 Å². The Labute approximate surface area is 155 Å². The van der Waals surface area contributed by atoms with Crippen molar-refractivity contribution in [3.63, 3.8) is 0 Å². The molecule has 0 spiro atoms. The molecule has 0 atom stereocenters. The number of halogens is 1. The van der Waals surface area contributed by atoms with Crippen LogP contribution in [-0.4, -0.2) is 23.3 Å². The first-order chi connectivity index (χ1) is 13.0. The van der Waals surface area contributed by atoms with Crippen LogP contribution in [0.5, 0.6) is 0 Å². The molecule has 0 saturated heterocycles. The number of benzene rings is 2. The number of esters is 1. The molecule has 5 heteroatoms. The van der Waals surface area contributed by atoms with Crippen LogP contribution in [0.15, 0.2) is 48.5 Å². The Morgan fingerprint density at radius 1 is 1.00 bits per heavy atom. The second-order valence-corrected chi connectivity index (χ2v) is 6.25. The SMILES string of the molecule is CCOC(=O)c1c(C)nc2c(c1-c1ccccc1F)C(=O)c1ccccc1-2. The van der Waals surface area contributed by atoms with Gasteiger partial charge in [0.15, 0.2) is 5.78 Å². The zero-order valence-electron chi connectivity index (χ0n) is 14.9. The van der Waals surface area contributed by atoms with Gasteiger partial charge in [-0.1, -0.05) is 42.5 Å². The first-order valence-electron chi connectivity index (χ1n) is 8.65. The molecule has 1 heterocycles. The molecule has 0 unspecified atom stereocenters. The summed E-state index contributed by atoms with van der Waals surface area (Å²) < 4.78 is 19.8. The summed E-state index contributed by atoms with van der Waals surface area (Å²) in [4.78, 5) is 30.3. The molecule has 0 N–H and O–H groups in total. The van der Waals surface area contributed by atoms with Crippen molar-refractivity contribution >= 4 is 11.8 Å². The molecule has 4 nitrogen and oxygen atoms in total. The topological polar surface area (TPSA) is 56.3 Å². The number of nitrogens with zero attached hydrogens (tertiary/aromatic N) is 1. The average Bonchev–Trinajstić information content (AvgIpc) is 2.94. The van der Waals surface area contributed by atoms with Crippen LogP contribution in [0.1, 0.15) is 38.9 Å². The van der Waals surface area contributed by atoms with Gasteiger partial charge in [0, 0.05) is 22.3 Å². The van der Waals surface area contributed by atoms with Crippen LogP contribution in [0.3, 0.4) is 0 Å². The largest absolute Gasteiger partial charge is 0.462 e. The second kappa shape index (κ2) is 6.43. The van der Waals surface area contributed by atoms with E-state index < -0.39 is 11.8 Å². The molecule has 1 aliphatic carbocycles. The van der Waals surface area contributed by atoms with Crippen molar-refractivity contribution in [1.29, 1.82) is 0 Å². The molecule has 27 heavy (non-hydrogen) atoms. The molecule has 3 aromatic rings. The van der Waals surface area contributed by atoms with Gasteiger partial charge in [0.1, 0.15) is 5.82 Å². The van der Waals surface area contributed by atoms with Crippen molar-refractivity contribution < 1.29 is 18.7 Å². The van der Waals surface area contributed by atoms with E-state index >= 15 is 0 Å². The Morgan fingerprint density at radius 2 is 1.63 bits per heavy atom. The standard InChI is InChI=1S/C22H16FNO3/c1-3-27-22(26)17-12(2)24-20-13-8-4-5-9-14(13)21(25)19(20)18(17)15-10-6-7-11-16(15)23/h4-11H,3H2,1-2H3. The third-order valence-electron chi connectivity index (χ3n) is 4.65. The van der Waals surface area contributed by atoms with Crippen molar-refractivity contribution in [3.8, 4) is 22.4 Å². The molecule has 1 aromatic heterocycles. The third kappa shape index (κ3) is 2.54. The number of aryl methyl sites for hydroxylation is 1. The molecule has 0 bridgehead atoms. The summed E-state index contributed by atoms with van der Waals surface area (Å²) in [6.45, 7) is 3.53. The van der Waals surface area contributed by atoms with Crippen LogP contribution in [-0.2, 0) is 4.74 Å². The number of pyridine rings is 1. The highest BCUT2D eigenvalue weighted by Gasteiger charge is 2.35. The highest BCUT2D eigenvalue weighted by atomic mass is 19.1. The van der Waals surface area contributed by atoms with Gasteiger partial charge in [0.05, 0.1) is 29.1 Å². The molecule has 134 valence electrons. The fourth-order valence-corrected chi connectivity index (χ4v) is 3.53. The van der Waals surface area contributed by atoms with E-state index in [9.17, 15) is 14.0 Å². The normalized spacial score (nSPS) is 11.9. The summed E-state index contributed by atoms with van der Waals surface area (Å²) in [7, 11) is 0. The maximum absolute atomic E-state index is 14.7. The Hall–Kier alpha value is -3.34. The molecule has 0 saturated carbocycles. The lowest BCUT2D eigenvalue weighted by atomic mass is 9.91. The predicted octanol–water partition coefficient (Wildman–Crippen LogP) is 4.58. The number of carbonyl (C=O) groups excluding carboxylic acids is 2. The summed E-state index contributed by atoms with van der Waals surface area (Å²) in [6, 6.07) is 13.2. The van der Waals surface area contributed by atoms with Gasteiger partial charge in [-0.3, -0.25) is 9.78 Å². The van der Waals surface area contributed by atoms with E-state index in [0.29, 0.717) is 22.5 Å². The van der Waals surface area contributed by atoms with Crippen LogP contribution >= 0.6 is 0 Å². The van der Waals surface area contributed by atoms with Crippen LogP contribution in [0, 0.1) is 12.7 Å². The minimum absolute atomic E-state index is 0.127. The molecule has 1 aliphatic rings. The summed E-state index contributed by atoms with van der Waals surface area (Å²) in [6.07, 6.45) is 0. The lowest BCUT2D eigenvalue weighted by Gasteiger charge is -2.16. The predicted molar refractivity (Wildman–Crippen MR) is 99.2 cm³/mol. The van der Waals surface area contributed by atoms with Crippen molar-refractivity contribution in [2.24, 2.45) is 0 Å². The number of ether oxygens (including phenoxy) is 1. The Kier molecular flexibility index (Phi) is 4.07. The zero-order valence-corrected chi connectivity index (χ0v) is 14.9. The van der Waals surface area contributed by atoms with Crippen molar-refractivity contribution in [1.82, 2.24) is 4.98 Å². The zero-order chi connectivity index (χ0) is 19.1. The van der Waals surface area contributed by atoms with Crippen molar-refractivity contribution in [2.45, 2.75) is 13.8 Å². The third-order valence-corrected chi connectivity index (χ3v) is 4.65. The van der Waals surface area contributed by atoms with Crippen molar-refractivity contribution in [2.75, 3.05) is 6.61 Å².